The molecule has 1 aliphatic rings. The van der Waals surface area contributed by atoms with Gasteiger partial charge in [-0.25, -0.2) is 4.39 Å². The highest BCUT2D eigenvalue weighted by Crippen LogP contribution is 2.28. The van der Waals surface area contributed by atoms with Crippen LogP contribution in [0, 0.1) is 17.7 Å². The zero-order valence-electron chi connectivity index (χ0n) is 10.4. The van der Waals surface area contributed by atoms with Crippen molar-refractivity contribution in [1.82, 2.24) is 0 Å². The molecule has 0 radical (unpaired) electrons. The second-order valence-corrected chi connectivity index (χ2v) is 4.97. The van der Waals surface area contributed by atoms with Gasteiger partial charge < -0.3 is 15.2 Å². The van der Waals surface area contributed by atoms with Crippen molar-refractivity contribution in [3.8, 4) is 0 Å². The number of aliphatic carboxylic acids is 1. The van der Waals surface area contributed by atoms with Gasteiger partial charge in [0, 0.05) is 11.9 Å². The van der Waals surface area contributed by atoms with Crippen LogP contribution in [0.5, 0.6) is 0 Å². The molecule has 0 saturated heterocycles. The Bertz CT molecular complexity index is 574. The fourth-order valence-electron chi connectivity index (χ4n) is 2.19. The lowest BCUT2D eigenvalue weighted by Crippen LogP contribution is -2.41. The normalized spacial score (nSPS) is 21.5. The van der Waals surface area contributed by atoms with Gasteiger partial charge in [-0.2, -0.15) is 0 Å². The van der Waals surface area contributed by atoms with Crippen LogP contribution in [0.25, 0.3) is 0 Å². The van der Waals surface area contributed by atoms with E-state index in [4.69, 9.17) is 11.6 Å². The number of hydrogen-bond donors (Lipinski definition) is 1. The Hall–Kier alpha value is -1.88. The topological polar surface area (TPSA) is 69.2 Å². The second-order valence-electron chi connectivity index (χ2n) is 4.57. The number of anilines is 1. The lowest BCUT2D eigenvalue weighted by atomic mass is 9.82. The molecule has 6 heteroatoms. The van der Waals surface area contributed by atoms with Crippen LogP contribution in [0.2, 0.25) is 5.02 Å². The molecule has 0 aliphatic heterocycles. The molecule has 2 rings (SSSR count). The monoisotopic (exact) mass is 296 g/mol. The fraction of sp³-hybridized carbons (Fsp3) is 0.286. The Labute approximate surface area is 120 Å². The summed E-state index contributed by atoms with van der Waals surface area (Å²) in [5.74, 6) is -4.24. The summed E-state index contributed by atoms with van der Waals surface area (Å²) in [6.45, 7) is 0. The molecule has 0 heterocycles. The van der Waals surface area contributed by atoms with Crippen LogP contribution in [-0.2, 0) is 9.59 Å². The van der Waals surface area contributed by atoms with Crippen LogP contribution in [0.3, 0.4) is 0 Å². The molecule has 0 fully saturated rings. The van der Waals surface area contributed by atoms with E-state index >= 15 is 0 Å². The minimum absolute atomic E-state index is 0.0610. The van der Waals surface area contributed by atoms with E-state index < -0.39 is 29.5 Å². The Kier molecular flexibility index (Phi) is 4.39. The van der Waals surface area contributed by atoms with E-state index in [2.05, 4.69) is 5.32 Å². The highest BCUT2D eigenvalue weighted by Gasteiger charge is 2.30. The van der Waals surface area contributed by atoms with E-state index in [1.54, 1.807) is 12.2 Å². The molecule has 0 unspecified atom stereocenters. The van der Waals surface area contributed by atoms with Gasteiger partial charge in [-0.3, -0.25) is 4.79 Å². The molecule has 20 heavy (non-hydrogen) atoms. The Morgan fingerprint density at radius 2 is 1.90 bits per heavy atom. The molecular weight excluding hydrogens is 285 g/mol. The number of allylic oxidation sites excluding steroid dienone is 2. The first-order valence-electron chi connectivity index (χ1n) is 6.11. The average Bonchev–Trinajstić information content (AvgIpc) is 2.43. The minimum Gasteiger partial charge on any atom is -0.550 e. The number of hydrogen-bond acceptors (Lipinski definition) is 3. The number of carbonyl (C=O) groups excluding carboxylic acids is 2. The predicted octanol–water partition coefficient (Wildman–Crippen LogP) is 1.75. The van der Waals surface area contributed by atoms with Gasteiger partial charge in [-0.1, -0.05) is 29.8 Å². The third-order valence-electron chi connectivity index (χ3n) is 3.28. The molecular formula is C14H12ClFNO3-. The number of amides is 1. The van der Waals surface area contributed by atoms with Crippen LogP contribution < -0.4 is 10.4 Å². The van der Waals surface area contributed by atoms with Crippen molar-refractivity contribution < 1.29 is 19.1 Å². The van der Waals surface area contributed by atoms with Gasteiger partial charge >= 0.3 is 0 Å². The molecule has 4 nitrogen and oxygen atoms in total. The number of nitrogens with one attached hydrogen (secondary N) is 1. The van der Waals surface area contributed by atoms with Gasteiger partial charge in [0.1, 0.15) is 0 Å². The maximum Gasteiger partial charge on any atom is 0.228 e. The van der Waals surface area contributed by atoms with Crippen LogP contribution in [0.15, 0.2) is 30.4 Å². The number of benzene rings is 1. The maximum absolute atomic E-state index is 13.7. The molecule has 1 N–H and O–H groups in total. The molecule has 1 aliphatic carbocycles. The van der Waals surface area contributed by atoms with Crippen molar-refractivity contribution in [2.24, 2.45) is 11.8 Å². The third kappa shape index (κ3) is 2.99. The molecule has 106 valence electrons. The van der Waals surface area contributed by atoms with E-state index in [0.717, 1.165) is 0 Å². The first kappa shape index (κ1) is 14.5. The summed E-state index contributed by atoms with van der Waals surface area (Å²) in [6.07, 6.45) is 3.95. The largest absolute Gasteiger partial charge is 0.550 e. The standard InChI is InChI=1S/C14H13ClFNO3/c15-10-6-3-7-11(12(10)16)17-13(18)8-4-1-2-5-9(8)14(19)20/h1-3,6-9H,4-5H2,(H,17,18)(H,19,20)/p-1/t8-,9+/m1/s1. The van der Waals surface area contributed by atoms with Crippen LogP contribution in [-0.4, -0.2) is 11.9 Å². The summed E-state index contributed by atoms with van der Waals surface area (Å²) in [7, 11) is 0. The lowest BCUT2D eigenvalue weighted by Gasteiger charge is -2.28. The van der Waals surface area contributed by atoms with Gasteiger partial charge in [0.05, 0.1) is 16.6 Å². The predicted molar refractivity (Wildman–Crippen MR) is 70.4 cm³/mol. The van der Waals surface area contributed by atoms with E-state index in [-0.39, 0.29) is 23.6 Å². The zero-order valence-corrected chi connectivity index (χ0v) is 11.2. The van der Waals surface area contributed by atoms with Crippen molar-refractivity contribution in [2.75, 3.05) is 5.32 Å². The number of carbonyl (C=O) groups is 2. The van der Waals surface area contributed by atoms with E-state index in [1.807, 2.05) is 0 Å². The molecule has 0 saturated carbocycles. The van der Waals surface area contributed by atoms with Crippen molar-refractivity contribution in [2.45, 2.75) is 12.8 Å². The van der Waals surface area contributed by atoms with Gasteiger partial charge in [-0.05, 0) is 25.0 Å². The Morgan fingerprint density at radius 1 is 1.25 bits per heavy atom. The van der Waals surface area contributed by atoms with Crippen molar-refractivity contribution in [3.05, 3.63) is 41.2 Å². The number of rotatable bonds is 3. The third-order valence-corrected chi connectivity index (χ3v) is 3.57. The maximum atomic E-state index is 13.7. The second kappa shape index (κ2) is 6.05. The van der Waals surface area contributed by atoms with Crippen molar-refractivity contribution in [1.29, 1.82) is 0 Å². The van der Waals surface area contributed by atoms with Gasteiger partial charge in [-0.15, -0.1) is 0 Å². The summed E-state index contributed by atoms with van der Waals surface area (Å²) in [5.41, 5.74) is -0.0610. The van der Waals surface area contributed by atoms with E-state index in [9.17, 15) is 19.1 Å². The average molecular weight is 297 g/mol. The van der Waals surface area contributed by atoms with Crippen LogP contribution in [0.4, 0.5) is 10.1 Å². The summed E-state index contributed by atoms with van der Waals surface area (Å²) >= 11 is 5.62. The first-order valence-corrected chi connectivity index (χ1v) is 6.49. The van der Waals surface area contributed by atoms with E-state index in [0.29, 0.717) is 0 Å². The van der Waals surface area contributed by atoms with Crippen molar-refractivity contribution >= 4 is 29.2 Å². The molecule has 2 atom stereocenters. The number of halogens is 2. The summed E-state index contributed by atoms with van der Waals surface area (Å²) in [4.78, 5) is 23.1. The molecule has 1 amide bonds. The fourth-order valence-corrected chi connectivity index (χ4v) is 2.36. The summed E-state index contributed by atoms with van der Waals surface area (Å²) < 4.78 is 13.7. The number of carboxylic acids is 1. The van der Waals surface area contributed by atoms with Crippen molar-refractivity contribution in [3.63, 3.8) is 0 Å². The Morgan fingerprint density at radius 3 is 2.55 bits per heavy atom. The summed E-state index contributed by atoms with van der Waals surface area (Å²) in [6, 6.07) is 4.23. The Balaban J connectivity index is 2.17. The first-order chi connectivity index (χ1) is 9.50. The SMILES string of the molecule is O=C([O-])[C@H]1CC=CC[C@H]1C(=O)Nc1cccc(Cl)c1F. The minimum atomic E-state index is -1.28. The van der Waals surface area contributed by atoms with E-state index in [1.165, 1.54) is 18.2 Å². The van der Waals surface area contributed by atoms with Crippen LogP contribution in [0.1, 0.15) is 12.8 Å². The number of carboxylic acid groups (broad SMARTS) is 1. The van der Waals surface area contributed by atoms with Gasteiger partial charge in [0.25, 0.3) is 0 Å². The van der Waals surface area contributed by atoms with Gasteiger partial charge in [0.15, 0.2) is 5.82 Å². The highest BCUT2D eigenvalue weighted by atomic mass is 35.5. The molecule has 1 aromatic rings. The zero-order chi connectivity index (χ0) is 14.7. The molecule has 0 bridgehead atoms. The lowest BCUT2D eigenvalue weighted by molar-refractivity contribution is -0.313. The summed E-state index contributed by atoms with van der Waals surface area (Å²) in [5, 5.41) is 13.3. The smallest absolute Gasteiger partial charge is 0.228 e. The molecule has 0 aromatic heterocycles. The van der Waals surface area contributed by atoms with Crippen LogP contribution >= 0.6 is 11.6 Å². The quantitative estimate of drug-likeness (QED) is 0.864. The van der Waals surface area contributed by atoms with Gasteiger partial charge in [0.2, 0.25) is 5.91 Å². The molecule has 0 spiro atoms. The molecule has 1 aromatic carbocycles. The highest BCUT2D eigenvalue weighted by molar-refractivity contribution is 6.31.